The van der Waals surface area contributed by atoms with Gasteiger partial charge in [0.1, 0.15) is 0 Å². The summed E-state index contributed by atoms with van der Waals surface area (Å²) < 4.78 is 40.2. The number of sulfone groups is 1. The van der Waals surface area contributed by atoms with E-state index in [2.05, 4.69) is 0 Å². The van der Waals surface area contributed by atoms with Gasteiger partial charge >= 0.3 is 0 Å². The maximum Gasteiger partial charge on any atom is 0.254 e. The number of ether oxygens (including phenoxy) is 3. The first kappa shape index (κ1) is 21.4. The number of aryl methyl sites for hydroxylation is 1. The molecule has 0 unspecified atom stereocenters. The normalized spacial score (nSPS) is 17.7. The smallest absolute Gasteiger partial charge is 0.254 e. The third kappa shape index (κ3) is 4.51. The minimum atomic E-state index is -3.14. The molecule has 29 heavy (non-hydrogen) atoms. The van der Waals surface area contributed by atoms with Gasteiger partial charge in [0.2, 0.25) is 5.75 Å². The van der Waals surface area contributed by atoms with Crippen molar-refractivity contribution in [3.05, 3.63) is 39.6 Å². The minimum absolute atomic E-state index is 0.0203. The minimum Gasteiger partial charge on any atom is -0.493 e. The SMILES string of the molecule is COc1cc(C(=O)N(Cc2sccc2C)[C@@H]2CCS(=O)(=O)C2)cc(OC)c1OC. The van der Waals surface area contributed by atoms with Gasteiger partial charge in [0.15, 0.2) is 21.3 Å². The molecule has 2 heterocycles. The molecule has 1 aliphatic rings. The Morgan fingerprint density at radius 3 is 2.28 bits per heavy atom. The van der Waals surface area contributed by atoms with Gasteiger partial charge in [0, 0.05) is 16.5 Å². The number of hydrogen-bond donors (Lipinski definition) is 0. The Hall–Kier alpha value is -2.26. The largest absolute Gasteiger partial charge is 0.493 e. The Kier molecular flexibility index (Phi) is 6.38. The summed E-state index contributed by atoms with van der Waals surface area (Å²) in [5, 5.41) is 1.97. The van der Waals surface area contributed by atoms with Crippen molar-refractivity contribution < 1.29 is 27.4 Å². The average molecular weight is 440 g/mol. The van der Waals surface area contributed by atoms with E-state index in [1.807, 2.05) is 18.4 Å². The third-order valence-electron chi connectivity index (χ3n) is 5.10. The second-order valence-corrected chi connectivity index (χ2v) is 10.2. The first-order chi connectivity index (χ1) is 13.8. The summed E-state index contributed by atoms with van der Waals surface area (Å²) in [6.07, 6.45) is 0.433. The first-order valence-corrected chi connectivity index (χ1v) is 11.8. The lowest BCUT2D eigenvalue weighted by Gasteiger charge is -2.29. The molecule has 0 saturated carbocycles. The van der Waals surface area contributed by atoms with Crippen LogP contribution in [-0.4, -0.2) is 58.1 Å². The van der Waals surface area contributed by atoms with Crippen LogP contribution >= 0.6 is 11.3 Å². The van der Waals surface area contributed by atoms with E-state index in [1.165, 1.54) is 21.3 Å². The Balaban J connectivity index is 2.01. The summed E-state index contributed by atoms with van der Waals surface area (Å²) in [4.78, 5) is 16.2. The summed E-state index contributed by atoms with van der Waals surface area (Å²) in [6, 6.07) is 4.82. The highest BCUT2D eigenvalue weighted by Crippen LogP contribution is 2.39. The fraction of sp³-hybridized carbons (Fsp3) is 0.450. The van der Waals surface area contributed by atoms with Crippen LogP contribution in [0.25, 0.3) is 0 Å². The molecule has 1 saturated heterocycles. The van der Waals surface area contributed by atoms with Crippen LogP contribution in [0.15, 0.2) is 23.6 Å². The third-order valence-corrected chi connectivity index (χ3v) is 7.86. The van der Waals surface area contributed by atoms with Crippen LogP contribution in [-0.2, 0) is 16.4 Å². The molecule has 1 aromatic heterocycles. The standard InChI is InChI=1S/C20H25NO6S2/c1-13-5-7-28-18(13)11-21(15-6-8-29(23,24)12-15)20(22)14-9-16(25-2)19(27-4)17(10-14)26-3/h5,7,9-10,15H,6,8,11-12H2,1-4H3/t15-/m1/s1. The highest BCUT2D eigenvalue weighted by Gasteiger charge is 2.36. The lowest BCUT2D eigenvalue weighted by molar-refractivity contribution is 0.0682. The topological polar surface area (TPSA) is 82.1 Å². The van der Waals surface area contributed by atoms with Crippen LogP contribution in [0.5, 0.6) is 17.2 Å². The molecule has 0 radical (unpaired) electrons. The van der Waals surface area contributed by atoms with Crippen LogP contribution in [0, 0.1) is 6.92 Å². The van der Waals surface area contributed by atoms with Crippen molar-refractivity contribution in [1.29, 1.82) is 0 Å². The van der Waals surface area contributed by atoms with Gasteiger partial charge in [0.25, 0.3) is 5.91 Å². The van der Waals surface area contributed by atoms with E-state index in [4.69, 9.17) is 14.2 Å². The number of carbonyl (C=O) groups excluding carboxylic acids is 1. The second kappa shape index (κ2) is 8.62. The number of hydrogen-bond acceptors (Lipinski definition) is 7. The highest BCUT2D eigenvalue weighted by atomic mass is 32.2. The molecule has 2 aromatic rings. The van der Waals surface area contributed by atoms with E-state index in [9.17, 15) is 13.2 Å². The lowest BCUT2D eigenvalue weighted by atomic mass is 10.1. The van der Waals surface area contributed by atoms with E-state index in [-0.39, 0.29) is 23.5 Å². The number of amides is 1. The molecule has 9 heteroatoms. The van der Waals surface area contributed by atoms with Gasteiger partial charge in [0.05, 0.1) is 39.4 Å². The van der Waals surface area contributed by atoms with Crippen molar-refractivity contribution in [2.24, 2.45) is 0 Å². The number of benzene rings is 1. The zero-order valence-electron chi connectivity index (χ0n) is 16.9. The van der Waals surface area contributed by atoms with Crippen molar-refractivity contribution in [3.8, 4) is 17.2 Å². The lowest BCUT2D eigenvalue weighted by Crippen LogP contribution is -2.40. The van der Waals surface area contributed by atoms with Crippen molar-refractivity contribution in [1.82, 2.24) is 4.90 Å². The Bertz CT molecular complexity index is 973. The molecular formula is C20H25NO6S2. The Morgan fingerprint density at radius 2 is 1.83 bits per heavy atom. The van der Waals surface area contributed by atoms with E-state index in [1.54, 1.807) is 28.4 Å². The molecule has 1 fully saturated rings. The van der Waals surface area contributed by atoms with Gasteiger partial charge in [-0.15, -0.1) is 11.3 Å². The van der Waals surface area contributed by atoms with Gasteiger partial charge in [-0.2, -0.15) is 0 Å². The van der Waals surface area contributed by atoms with Gasteiger partial charge in [-0.3, -0.25) is 4.79 Å². The summed E-state index contributed by atoms with van der Waals surface area (Å²) in [6.45, 7) is 2.35. The van der Waals surface area contributed by atoms with Crippen LogP contribution in [0.2, 0.25) is 0 Å². The fourth-order valence-corrected chi connectivity index (χ4v) is 6.11. The number of thiophene rings is 1. The summed E-state index contributed by atoms with van der Waals surface area (Å²) in [7, 11) is 1.33. The molecule has 0 bridgehead atoms. The average Bonchev–Trinajstić information content (AvgIpc) is 3.28. The monoisotopic (exact) mass is 439 g/mol. The molecule has 7 nitrogen and oxygen atoms in total. The molecule has 1 aliphatic heterocycles. The molecule has 1 aromatic carbocycles. The number of nitrogens with zero attached hydrogens (tertiary/aromatic N) is 1. The maximum atomic E-state index is 13.5. The Labute approximate surface area is 175 Å². The Morgan fingerprint density at radius 1 is 1.17 bits per heavy atom. The van der Waals surface area contributed by atoms with Crippen molar-refractivity contribution in [3.63, 3.8) is 0 Å². The number of rotatable bonds is 7. The number of carbonyl (C=O) groups is 1. The quantitative estimate of drug-likeness (QED) is 0.660. The molecule has 0 N–H and O–H groups in total. The predicted molar refractivity (Wildman–Crippen MR) is 112 cm³/mol. The van der Waals surface area contributed by atoms with E-state index in [0.29, 0.717) is 35.8 Å². The van der Waals surface area contributed by atoms with Crippen LogP contribution < -0.4 is 14.2 Å². The van der Waals surface area contributed by atoms with Gasteiger partial charge < -0.3 is 19.1 Å². The molecule has 0 aliphatic carbocycles. The van der Waals surface area contributed by atoms with E-state index < -0.39 is 9.84 Å². The molecule has 158 valence electrons. The molecular weight excluding hydrogens is 414 g/mol. The van der Waals surface area contributed by atoms with Crippen LogP contribution in [0.3, 0.4) is 0 Å². The van der Waals surface area contributed by atoms with Crippen molar-refractivity contribution in [2.75, 3.05) is 32.8 Å². The zero-order valence-corrected chi connectivity index (χ0v) is 18.6. The fourth-order valence-electron chi connectivity index (χ4n) is 3.48. The van der Waals surface area contributed by atoms with Gasteiger partial charge in [-0.1, -0.05) is 0 Å². The van der Waals surface area contributed by atoms with E-state index in [0.717, 1.165) is 10.4 Å². The predicted octanol–water partition coefficient (Wildman–Crippen LogP) is 2.91. The molecule has 3 rings (SSSR count). The van der Waals surface area contributed by atoms with Crippen molar-refractivity contribution >= 4 is 27.1 Å². The highest BCUT2D eigenvalue weighted by molar-refractivity contribution is 7.91. The van der Waals surface area contributed by atoms with E-state index >= 15 is 0 Å². The second-order valence-electron chi connectivity index (χ2n) is 6.93. The van der Waals surface area contributed by atoms with Gasteiger partial charge in [-0.25, -0.2) is 8.42 Å². The molecule has 1 atom stereocenters. The van der Waals surface area contributed by atoms with Crippen LogP contribution in [0.1, 0.15) is 27.2 Å². The molecule has 1 amide bonds. The molecule has 0 spiro atoms. The maximum absolute atomic E-state index is 13.5. The van der Waals surface area contributed by atoms with Crippen LogP contribution in [0.4, 0.5) is 0 Å². The number of methoxy groups -OCH3 is 3. The van der Waals surface area contributed by atoms with Gasteiger partial charge in [-0.05, 0) is 42.5 Å². The van der Waals surface area contributed by atoms with Crippen molar-refractivity contribution in [2.45, 2.75) is 25.9 Å². The first-order valence-electron chi connectivity index (χ1n) is 9.14. The summed E-state index contributed by atoms with van der Waals surface area (Å²) >= 11 is 1.56. The summed E-state index contributed by atoms with van der Waals surface area (Å²) in [5.74, 6) is 0.964. The summed E-state index contributed by atoms with van der Waals surface area (Å²) in [5.41, 5.74) is 1.44. The zero-order chi connectivity index (χ0) is 21.2.